The van der Waals surface area contributed by atoms with Crippen LogP contribution in [0.1, 0.15) is 20.3 Å². The van der Waals surface area contributed by atoms with Crippen LogP contribution in [0.3, 0.4) is 0 Å². The highest BCUT2D eigenvalue weighted by Crippen LogP contribution is 2.13. The van der Waals surface area contributed by atoms with Crippen molar-refractivity contribution in [1.29, 1.82) is 0 Å². The highest BCUT2D eigenvalue weighted by atomic mass is 127. The van der Waals surface area contributed by atoms with Crippen molar-refractivity contribution >= 4 is 35.9 Å². The average molecular weight is 561 g/mol. The largest absolute Gasteiger partial charge is 0.379 e. The van der Waals surface area contributed by atoms with Crippen molar-refractivity contribution in [2.45, 2.75) is 26.3 Å². The molecule has 2 N–H and O–H groups in total. The van der Waals surface area contributed by atoms with E-state index in [1.165, 1.54) is 6.42 Å². The lowest BCUT2D eigenvalue weighted by molar-refractivity contribution is 0.0132. The molecule has 2 fully saturated rings. The minimum absolute atomic E-state index is 0. The molecule has 9 nitrogen and oxygen atoms in total. The van der Waals surface area contributed by atoms with Crippen molar-refractivity contribution in [1.82, 2.24) is 30.4 Å². The molecule has 0 saturated carbocycles. The van der Waals surface area contributed by atoms with E-state index in [0.717, 1.165) is 84.0 Å². The predicted octanol–water partition coefficient (Wildman–Crippen LogP) is 1.13. The van der Waals surface area contributed by atoms with Crippen LogP contribution in [0.5, 0.6) is 0 Å². The van der Waals surface area contributed by atoms with Crippen molar-refractivity contribution in [3.8, 4) is 0 Å². The van der Waals surface area contributed by atoms with Gasteiger partial charge in [0, 0.05) is 84.4 Å². The van der Waals surface area contributed by atoms with E-state index in [1.54, 1.807) is 0 Å². The Hall–Kier alpha value is -1.24. The molecule has 1 aromatic rings. The van der Waals surface area contributed by atoms with E-state index in [9.17, 15) is 0 Å². The fourth-order valence-corrected chi connectivity index (χ4v) is 4.24. The molecular formula is C22H41IN8O. The van der Waals surface area contributed by atoms with E-state index in [-0.39, 0.29) is 24.0 Å². The second-order valence-electron chi connectivity index (χ2n) is 8.69. The smallest absolute Gasteiger partial charge is 0.225 e. The summed E-state index contributed by atoms with van der Waals surface area (Å²) in [6, 6.07) is 2.37. The first-order valence-electron chi connectivity index (χ1n) is 11.7. The average Bonchev–Trinajstić information content (AvgIpc) is 2.81. The number of halogens is 1. The van der Waals surface area contributed by atoms with Crippen LogP contribution in [0, 0.1) is 5.92 Å². The first kappa shape index (κ1) is 27.0. The van der Waals surface area contributed by atoms with Crippen LogP contribution in [-0.2, 0) is 4.74 Å². The minimum atomic E-state index is 0. The van der Waals surface area contributed by atoms with Gasteiger partial charge in [-0.1, -0.05) is 13.8 Å². The van der Waals surface area contributed by atoms with Gasteiger partial charge in [-0.2, -0.15) is 0 Å². The number of aliphatic imine (C=N–C) groups is 1. The maximum atomic E-state index is 5.53. The van der Waals surface area contributed by atoms with Gasteiger partial charge in [-0.3, -0.25) is 14.8 Å². The minimum Gasteiger partial charge on any atom is -0.379 e. The molecule has 0 amide bonds. The normalized spacial score (nSPS) is 19.5. The van der Waals surface area contributed by atoms with Gasteiger partial charge in [0.15, 0.2) is 5.96 Å². The molecule has 2 saturated heterocycles. The molecule has 3 rings (SSSR count). The van der Waals surface area contributed by atoms with Crippen LogP contribution in [0.25, 0.3) is 0 Å². The van der Waals surface area contributed by atoms with Crippen molar-refractivity contribution in [3.05, 3.63) is 18.5 Å². The Kier molecular flexibility index (Phi) is 12.5. The number of nitrogens with zero attached hydrogens (tertiary/aromatic N) is 6. The lowest BCUT2D eigenvalue weighted by Gasteiger charge is -2.36. The summed E-state index contributed by atoms with van der Waals surface area (Å²) >= 11 is 0. The number of piperazine rings is 1. The molecule has 2 aliphatic heterocycles. The van der Waals surface area contributed by atoms with E-state index >= 15 is 0 Å². The molecule has 3 heterocycles. The summed E-state index contributed by atoms with van der Waals surface area (Å²) in [5.74, 6) is 2.39. The zero-order chi connectivity index (χ0) is 21.9. The van der Waals surface area contributed by atoms with Gasteiger partial charge in [0.25, 0.3) is 0 Å². The summed E-state index contributed by atoms with van der Waals surface area (Å²) in [5.41, 5.74) is 0. The monoisotopic (exact) mass is 560 g/mol. The molecule has 2 aliphatic rings. The van der Waals surface area contributed by atoms with Gasteiger partial charge in [-0.25, -0.2) is 9.97 Å². The number of morpholine rings is 1. The van der Waals surface area contributed by atoms with E-state index < -0.39 is 0 Å². The molecular weight excluding hydrogens is 519 g/mol. The molecule has 1 unspecified atom stereocenters. The van der Waals surface area contributed by atoms with Crippen molar-refractivity contribution in [2.75, 3.05) is 84.1 Å². The van der Waals surface area contributed by atoms with Gasteiger partial charge in [-0.15, -0.1) is 24.0 Å². The van der Waals surface area contributed by atoms with E-state index in [1.807, 2.05) is 25.5 Å². The molecule has 0 radical (unpaired) electrons. The van der Waals surface area contributed by atoms with E-state index in [0.29, 0.717) is 12.0 Å². The highest BCUT2D eigenvalue weighted by molar-refractivity contribution is 14.0. The lowest BCUT2D eigenvalue weighted by Crippen LogP contribution is -2.52. The van der Waals surface area contributed by atoms with Crippen LogP contribution < -0.4 is 15.5 Å². The number of nitrogens with one attached hydrogen (secondary N) is 2. The molecule has 0 aliphatic carbocycles. The zero-order valence-corrected chi connectivity index (χ0v) is 22.2. The van der Waals surface area contributed by atoms with Crippen molar-refractivity contribution < 1.29 is 4.74 Å². The molecule has 1 atom stereocenters. The first-order chi connectivity index (χ1) is 15.2. The molecule has 0 aromatic carbocycles. The van der Waals surface area contributed by atoms with Gasteiger partial charge in [0.05, 0.1) is 13.2 Å². The molecule has 0 bridgehead atoms. The number of ether oxygens (including phenoxy) is 1. The maximum absolute atomic E-state index is 5.53. The van der Waals surface area contributed by atoms with Crippen LogP contribution in [0.2, 0.25) is 0 Å². The highest BCUT2D eigenvalue weighted by Gasteiger charge is 2.22. The van der Waals surface area contributed by atoms with Crippen molar-refractivity contribution in [3.63, 3.8) is 0 Å². The number of hydrogen-bond acceptors (Lipinski definition) is 7. The third-order valence-corrected chi connectivity index (χ3v) is 5.96. The summed E-state index contributed by atoms with van der Waals surface area (Å²) in [6.45, 7) is 15.1. The molecule has 0 spiro atoms. The molecule has 182 valence electrons. The Bertz CT molecular complexity index is 649. The molecule has 32 heavy (non-hydrogen) atoms. The van der Waals surface area contributed by atoms with E-state index in [2.05, 4.69) is 54.1 Å². The number of guanidine groups is 1. The third-order valence-electron chi connectivity index (χ3n) is 5.96. The number of aromatic nitrogens is 2. The zero-order valence-electron chi connectivity index (χ0n) is 19.9. The second kappa shape index (κ2) is 14.8. The Morgan fingerprint density at radius 2 is 1.75 bits per heavy atom. The van der Waals surface area contributed by atoms with Crippen molar-refractivity contribution in [2.24, 2.45) is 10.9 Å². The fourth-order valence-electron chi connectivity index (χ4n) is 4.24. The standard InChI is InChI=1S/C22H40N8O.HI/c1-19(2)17-20(29-13-15-31-16-14-29)18-27-21(23-3)24-7-8-28-9-11-30(12-10-28)22-25-5-4-6-26-22;/h4-6,19-20H,7-18H2,1-3H3,(H2,23,24,27);1H. The summed E-state index contributed by atoms with van der Waals surface area (Å²) in [6.07, 6.45) is 4.80. The fraction of sp³-hybridized carbons (Fsp3) is 0.773. The Morgan fingerprint density at radius 1 is 1.06 bits per heavy atom. The summed E-state index contributed by atoms with van der Waals surface area (Å²) in [4.78, 5) is 20.4. The number of rotatable bonds is 9. The first-order valence-corrected chi connectivity index (χ1v) is 11.7. The summed E-state index contributed by atoms with van der Waals surface area (Å²) < 4.78 is 5.53. The van der Waals surface area contributed by atoms with Gasteiger partial charge in [0.2, 0.25) is 5.95 Å². The van der Waals surface area contributed by atoms with Gasteiger partial charge in [-0.05, 0) is 18.4 Å². The van der Waals surface area contributed by atoms with E-state index in [4.69, 9.17) is 4.74 Å². The number of anilines is 1. The Morgan fingerprint density at radius 3 is 2.38 bits per heavy atom. The van der Waals surface area contributed by atoms with Crippen LogP contribution in [-0.4, -0.2) is 111 Å². The van der Waals surface area contributed by atoms with Gasteiger partial charge >= 0.3 is 0 Å². The number of hydrogen-bond donors (Lipinski definition) is 2. The summed E-state index contributed by atoms with van der Waals surface area (Å²) in [5, 5.41) is 7.04. The Labute approximate surface area is 210 Å². The SMILES string of the molecule is CN=C(NCCN1CCN(c2ncccn2)CC1)NCC(CC(C)C)N1CCOCC1.I. The molecule has 10 heteroatoms. The molecule has 1 aromatic heterocycles. The maximum Gasteiger partial charge on any atom is 0.225 e. The lowest BCUT2D eigenvalue weighted by atomic mass is 10.0. The van der Waals surface area contributed by atoms with Crippen LogP contribution in [0.15, 0.2) is 23.5 Å². The summed E-state index contributed by atoms with van der Waals surface area (Å²) in [7, 11) is 1.85. The second-order valence-corrected chi connectivity index (χ2v) is 8.69. The van der Waals surface area contributed by atoms with Crippen LogP contribution in [0.4, 0.5) is 5.95 Å². The third kappa shape index (κ3) is 8.95. The van der Waals surface area contributed by atoms with Crippen LogP contribution >= 0.6 is 24.0 Å². The topological polar surface area (TPSA) is 81.2 Å². The van der Waals surface area contributed by atoms with Gasteiger partial charge < -0.3 is 20.3 Å². The quantitative estimate of drug-likeness (QED) is 0.265. The predicted molar refractivity (Wildman–Crippen MR) is 141 cm³/mol. The Balaban J connectivity index is 0.00000363. The van der Waals surface area contributed by atoms with Gasteiger partial charge in [0.1, 0.15) is 0 Å².